The Hall–Kier alpha value is -1.41. The maximum atomic E-state index is 8.49. The Morgan fingerprint density at radius 2 is 2.06 bits per heavy atom. The number of hydrogen-bond acceptors (Lipinski definition) is 7. The number of rotatable bonds is 4. The number of nitrogens with zero attached hydrogens (tertiary/aromatic N) is 5. The molecule has 2 N–H and O–H groups in total. The Kier molecular flexibility index (Phi) is 4.71. The molecule has 0 aliphatic carbocycles. The Labute approximate surface area is 110 Å². The number of nitrogens with one attached hydrogen (secondary N) is 1. The lowest BCUT2D eigenvalue weighted by Gasteiger charge is -2.26. The SMILES string of the molecule is CSc1nc(/N=C/NO)nc(N2CCCCC2)n1. The quantitative estimate of drug-likeness (QED) is 0.367. The fraction of sp³-hybridized carbons (Fsp3) is 0.600. The third-order valence-corrected chi connectivity index (χ3v) is 3.20. The summed E-state index contributed by atoms with van der Waals surface area (Å²) in [6, 6.07) is 0. The van der Waals surface area contributed by atoms with Gasteiger partial charge in [-0.25, -0.2) is 0 Å². The van der Waals surface area contributed by atoms with Crippen molar-refractivity contribution < 1.29 is 5.21 Å². The van der Waals surface area contributed by atoms with Crippen molar-refractivity contribution in [1.29, 1.82) is 0 Å². The molecule has 2 heterocycles. The second kappa shape index (κ2) is 6.50. The molecule has 18 heavy (non-hydrogen) atoms. The highest BCUT2D eigenvalue weighted by atomic mass is 32.2. The molecule has 7 nitrogen and oxygen atoms in total. The van der Waals surface area contributed by atoms with E-state index in [2.05, 4.69) is 24.8 Å². The first-order valence-electron chi connectivity index (χ1n) is 5.80. The van der Waals surface area contributed by atoms with Gasteiger partial charge in [0.05, 0.1) is 0 Å². The average Bonchev–Trinajstić information content (AvgIpc) is 2.45. The molecule has 1 aliphatic heterocycles. The highest BCUT2D eigenvalue weighted by molar-refractivity contribution is 7.98. The monoisotopic (exact) mass is 268 g/mol. The van der Waals surface area contributed by atoms with Crippen molar-refractivity contribution in [2.24, 2.45) is 4.99 Å². The number of hydroxylamine groups is 1. The topological polar surface area (TPSA) is 86.5 Å². The van der Waals surface area contributed by atoms with Crippen LogP contribution in [0, 0.1) is 0 Å². The number of hydrogen-bond donors (Lipinski definition) is 2. The lowest BCUT2D eigenvalue weighted by atomic mass is 10.1. The summed E-state index contributed by atoms with van der Waals surface area (Å²) in [4.78, 5) is 18.9. The van der Waals surface area contributed by atoms with E-state index in [4.69, 9.17) is 5.21 Å². The molecular weight excluding hydrogens is 252 g/mol. The highest BCUT2D eigenvalue weighted by Crippen LogP contribution is 2.20. The largest absolute Gasteiger partial charge is 0.341 e. The van der Waals surface area contributed by atoms with E-state index >= 15 is 0 Å². The number of aromatic nitrogens is 3. The molecule has 0 amide bonds. The van der Waals surface area contributed by atoms with Crippen molar-refractivity contribution in [3.63, 3.8) is 0 Å². The summed E-state index contributed by atoms with van der Waals surface area (Å²) in [6.45, 7) is 1.94. The van der Waals surface area contributed by atoms with Crippen LogP contribution in [0.3, 0.4) is 0 Å². The Balaban J connectivity index is 2.24. The average molecular weight is 268 g/mol. The molecule has 8 heteroatoms. The summed E-state index contributed by atoms with van der Waals surface area (Å²) in [7, 11) is 0. The van der Waals surface area contributed by atoms with E-state index in [9.17, 15) is 0 Å². The van der Waals surface area contributed by atoms with E-state index in [1.165, 1.54) is 18.2 Å². The van der Waals surface area contributed by atoms with Crippen molar-refractivity contribution in [1.82, 2.24) is 20.4 Å². The van der Waals surface area contributed by atoms with Crippen molar-refractivity contribution in [3.8, 4) is 0 Å². The van der Waals surface area contributed by atoms with E-state index in [-0.39, 0.29) is 0 Å². The van der Waals surface area contributed by atoms with E-state index in [0.717, 1.165) is 32.3 Å². The first kappa shape index (κ1) is 13.0. The van der Waals surface area contributed by atoms with Gasteiger partial charge in [0.25, 0.3) is 5.95 Å². The Morgan fingerprint density at radius 1 is 1.28 bits per heavy atom. The summed E-state index contributed by atoms with van der Waals surface area (Å²) in [5.74, 6) is 0.968. The smallest absolute Gasteiger partial charge is 0.256 e. The molecule has 0 unspecified atom stereocenters. The molecular formula is C10H16N6OS. The molecule has 0 radical (unpaired) electrons. The molecule has 0 bridgehead atoms. The minimum atomic E-state index is 0.302. The molecule has 98 valence electrons. The van der Waals surface area contributed by atoms with Crippen LogP contribution in [0.1, 0.15) is 19.3 Å². The second-order valence-corrected chi connectivity index (χ2v) is 4.63. The van der Waals surface area contributed by atoms with Crippen molar-refractivity contribution in [2.75, 3.05) is 24.2 Å². The Morgan fingerprint density at radius 3 is 2.72 bits per heavy atom. The van der Waals surface area contributed by atoms with Crippen LogP contribution < -0.4 is 10.4 Å². The van der Waals surface area contributed by atoms with Crippen molar-refractivity contribution in [3.05, 3.63) is 0 Å². The zero-order chi connectivity index (χ0) is 12.8. The molecule has 0 aromatic carbocycles. The zero-order valence-corrected chi connectivity index (χ0v) is 11.0. The first-order chi connectivity index (χ1) is 8.83. The molecule has 1 aromatic rings. The third-order valence-electron chi connectivity index (χ3n) is 2.65. The van der Waals surface area contributed by atoms with Crippen LogP contribution in [-0.2, 0) is 0 Å². The van der Waals surface area contributed by atoms with Crippen LogP contribution in [0.2, 0.25) is 0 Å². The van der Waals surface area contributed by atoms with Gasteiger partial charge in [0, 0.05) is 13.1 Å². The maximum absolute atomic E-state index is 8.49. The molecule has 1 saturated heterocycles. The molecule has 0 atom stereocenters. The molecule has 1 aliphatic rings. The minimum absolute atomic E-state index is 0.302. The zero-order valence-electron chi connectivity index (χ0n) is 10.2. The van der Waals surface area contributed by atoms with Gasteiger partial charge in [0.2, 0.25) is 5.95 Å². The van der Waals surface area contributed by atoms with Gasteiger partial charge in [-0.15, -0.1) is 0 Å². The van der Waals surface area contributed by atoms with Gasteiger partial charge in [-0.3, -0.25) is 10.7 Å². The molecule has 2 rings (SSSR count). The third kappa shape index (κ3) is 3.30. The fourth-order valence-corrected chi connectivity index (χ4v) is 2.15. The number of piperidine rings is 1. The van der Waals surface area contributed by atoms with Crippen LogP contribution in [0.25, 0.3) is 0 Å². The van der Waals surface area contributed by atoms with Crippen LogP contribution >= 0.6 is 11.8 Å². The van der Waals surface area contributed by atoms with E-state index in [1.807, 2.05) is 11.7 Å². The Bertz CT molecular complexity index is 421. The van der Waals surface area contributed by atoms with Crippen LogP contribution in [0.4, 0.5) is 11.9 Å². The van der Waals surface area contributed by atoms with Gasteiger partial charge in [0.1, 0.15) is 6.34 Å². The number of anilines is 1. The van der Waals surface area contributed by atoms with E-state index < -0.39 is 0 Å². The molecule has 0 saturated carbocycles. The summed E-state index contributed by atoms with van der Waals surface area (Å²) in [5.41, 5.74) is 1.84. The number of thioether (sulfide) groups is 1. The van der Waals surface area contributed by atoms with Crippen LogP contribution in [0.15, 0.2) is 10.1 Å². The fourth-order valence-electron chi connectivity index (χ4n) is 1.81. The van der Waals surface area contributed by atoms with Crippen LogP contribution in [-0.4, -0.2) is 45.8 Å². The predicted molar refractivity (Wildman–Crippen MR) is 70.7 cm³/mol. The lowest BCUT2D eigenvalue weighted by Crippen LogP contribution is -2.31. The van der Waals surface area contributed by atoms with E-state index in [1.54, 1.807) is 0 Å². The summed E-state index contributed by atoms with van der Waals surface area (Å²) in [6.07, 6.45) is 6.64. The summed E-state index contributed by atoms with van der Waals surface area (Å²) < 4.78 is 0. The molecule has 1 aromatic heterocycles. The van der Waals surface area contributed by atoms with Crippen LogP contribution in [0.5, 0.6) is 0 Å². The summed E-state index contributed by atoms with van der Waals surface area (Å²) >= 11 is 1.45. The van der Waals surface area contributed by atoms with Crippen molar-refractivity contribution >= 4 is 30.0 Å². The lowest BCUT2D eigenvalue weighted by molar-refractivity contribution is 0.240. The normalized spacial score (nSPS) is 16.2. The van der Waals surface area contributed by atoms with Crippen molar-refractivity contribution in [2.45, 2.75) is 24.4 Å². The van der Waals surface area contributed by atoms with Gasteiger partial charge < -0.3 is 4.90 Å². The van der Waals surface area contributed by atoms with E-state index in [0.29, 0.717) is 17.1 Å². The maximum Gasteiger partial charge on any atom is 0.256 e. The second-order valence-electron chi connectivity index (χ2n) is 3.86. The molecule has 1 fully saturated rings. The molecule has 0 spiro atoms. The standard InChI is InChI=1S/C10H16N6OS/c1-18-10-14-8(11-7-12-17)13-9(15-10)16-5-3-2-4-6-16/h7,17H,2-6H2,1H3,(H,11,12,13,14,15). The summed E-state index contributed by atoms with van der Waals surface area (Å²) in [5, 5.41) is 9.12. The highest BCUT2D eigenvalue weighted by Gasteiger charge is 2.15. The van der Waals surface area contributed by atoms with Gasteiger partial charge in [-0.2, -0.15) is 19.9 Å². The number of aliphatic imine (C=N–C) groups is 1. The minimum Gasteiger partial charge on any atom is -0.341 e. The first-order valence-corrected chi connectivity index (χ1v) is 7.03. The predicted octanol–water partition coefficient (Wildman–Crippen LogP) is 1.22. The van der Waals surface area contributed by atoms with Gasteiger partial charge in [-0.05, 0) is 25.5 Å². The van der Waals surface area contributed by atoms with Gasteiger partial charge in [-0.1, -0.05) is 11.8 Å². The van der Waals surface area contributed by atoms with Gasteiger partial charge >= 0.3 is 0 Å². The van der Waals surface area contributed by atoms with Gasteiger partial charge in [0.15, 0.2) is 5.16 Å².